The zero-order chi connectivity index (χ0) is 34.2. The van der Waals surface area contributed by atoms with Crippen molar-refractivity contribution < 1.29 is 39.5 Å². The number of aryl methyl sites for hydroxylation is 1. The number of hydrogen-bond acceptors (Lipinski definition) is 4. The van der Waals surface area contributed by atoms with Crippen LogP contribution in [0.1, 0.15) is 40.2 Å². The highest BCUT2D eigenvalue weighted by Crippen LogP contribution is 2.37. The maximum absolute atomic E-state index is 13.7. The second kappa shape index (κ2) is 15.4. The van der Waals surface area contributed by atoms with Gasteiger partial charge in [-0.25, -0.2) is 8.42 Å². The van der Waals surface area contributed by atoms with E-state index in [1.165, 1.54) is 24.3 Å². The van der Waals surface area contributed by atoms with Gasteiger partial charge in [-0.2, -0.15) is 26.3 Å². The Hall–Kier alpha value is -3.74. The van der Waals surface area contributed by atoms with Gasteiger partial charge in [0.1, 0.15) is 5.75 Å². The van der Waals surface area contributed by atoms with Crippen LogP contribution in [0.4, 0.5) is 32.0 Å². The average molecular weight is 699 g/mol. The fourth-order valence-corrected chi connectivity index (χ4v) is 6.43. The highest BCUT2D eigenvalue weighted by Gasteiger charge is 2.35. The van der Waals surface area contributed by atoms with Crippen molar-refractivity contribution in [2.75, 3.05) is 30.2 Å². The van der Waals surface area contributed by atoms with E-state index in [0.29, 0.717) is 30.6 Å². The SMILES string of the molecule is Cc1ccc(NS(=O)(=O)CC(F)(F)F)cc1OCCCN(Cc1cccc(C(F)(F)F)c1Cl)CC(c1ccccc1)c1ccccc1. The molecule has 13 heteroatoms. The molecule has 0 unspecified atom stereocenters. The van der Waals surface area contributed by atoms with Crippen LogP contribution >= 0.6 is 11.6 Å². The molecular formula is C34H33ClF6N2O3S. The van der Waals surface area contributed by atoms with Gasteiger partial charge in [-0.05, 0) is 47.7 Å². The Bertz CT molecular complexity index is 1680. The van der Waals surface area contributed by atoms with Gasteiger partial charge in [-0.1, -0.05) is 90.5 Å². The van der Waals surface area contributed by atoms with Gasteiger partial charge >= 0.3 is 12.4 Å². The van der Waals surface area contributed by atoms with Crippen molar-refractivity contribution in [3.05, 3.63) is 130 Å². The zero-order valence-corrected chi connectivity index (χ0v) is 26.9. The predicted octanol–water partition coefficient (Wildman–Crippen LogP) is 9.07. The number of anilines is 1. The molecule has 0 radical (unpaired) electrons. The summed E-state index contributed by atoms with van der Waals surface area (Å²) >= 11 is 6.28. The van der Waals surface area contributed by atoms with Gasteiger partial charge in [0.25, 0.3) is 0 Å². The van der Waals surface area contributed by atoms with Crippen molar-refractivity contribution >= 4 is 27.3 Å². The third-order valence-electron chi connectivity index (χ3n) is 7.31. The van der Waals surface area contributed by atoms with Gasteiger partial charge in [-0.15, -0.1) is 0 Å². The molecule has 4 aromatic carbocycles. The highest BCUT2D eigenvalue weighted by atomic mass is 35.5. The zero-order valence-electron chi connectivity index (χ0n) is 25.3. The summed E-state index contributed by atoms with van der Waals surface area (Å²) in [6.07, 6.45) is -9.11. The number of nitrogens with zero attached hydrogens (tertiary/aromatic N) is 1. The van der Waals surface area contributed by atoms with Crippen molar-refractivity contribution in [2.45, 2.75) is 38.2 Å². The van der Waals surface area contributed by atoms with E-state index in [1.807, 2.05) is 70.3 Å². The standard InChI is InChI=1S/C34H33ClF6N2O3S/c1-24-16-17-28(42-47(44,45)23-33(36,37)38)20-31(24)46-19-9-18-43(21-27-14-8-15-30(32(27)35)34(39,40)41)22-29(25-10-4-2-5-11-25)26-12-6-3-7-13-26/h2-8,10-17,20,29,42H,9,18-19,21-23H2,1H3. The van der Waals surface area contributed by atoms with Crippen molar-refractivity contribution in [2.24, 2.45) is 0 Å². The summed E-state index contributed by atoms with van der Waals surface area (Å²) in [5, 5.41) is -0.363. The van der Waals surface area contributed by atoms with Crippen molar-refractivity contribution in [1.29, 1.82) is 0 Å². The van der Waals surface area contributed by atoms with Gasteiger partial charge in [0, 0.05) is 31.6 Å². The third-order valence-corrected chi connectivity index (χ3v) is 9.01. The molecular weight excluding hydrogens is 666 g/mol. The first kappa shape index (κ1) is 36.1. The topological polar surface area (TPSA) is 58.6 Å². The van der Waals surface area contributed by atoms with Crippen LogP contribution in [0.5, 0.6) is 5.75 Å². The molecule has 0 aromatic heterocycles. The van der Waals surface area contributed by atoms with Crippen LogP contribution < -0.4 is 9.46 Å². The fraction of sp³-hybridized carbons (Fsp3) is 0.294. The lowest BCUT2D eigenvalue weighted by molar-refractivity contribution is -0.137. The van der Waals surface area contributed by atoms with Crippen LogP contribution in [0.3, 0.4) is 0 Å². The number of hydrogen-bond donors (Lipinski definition) is 1. The number of alkyl halides is 6. The molecule has 0 fully saturated rings. The quantitative estimate of drug-likeness (QED) is 0.105. The van der Waals surface area contributed by atoms with Crippen LogP contribution in [-0.4, -0.2) is 44.9 Å². The normalized spacial score (nSPS) is 12.5. The van der Waals surface area contributed by atoms with Crippen molar-refractivity contribution in [3.63, 3.8) is 0 Å². The van der Waals surface area contributed by atoms with E-state index in [-0.39, 0.29) is 35.5 Å². The first-order chi connectivity index (χ1) is 22.1. The Balaban J connectivity index is 1.53. The molecule has 0 heterocycles. The summed E-state index contributed by atoms with van der Waals surface area (Å²) in [4.78, 5) is 2.00. The van der Waals surface area contributed by atoms with Gasteiger partial charge in [0.05, 0.1) is 22.9 Å². The van der Waals surface area contributed by atoms with Gasteiger partial charge in [0.15, 0.2) is 5.75 Å². The molecule has 4 aromatic rings. The predicted molar refractivity (Wildman–Crippen MR) is 171 cm³/mol. The summed E-state index contributed by atoms with van der Waals surface area (Å²) in [7, 11) is -4.68. The summed E-state index contributed by atoms with van der Waals surface area (Å²) in [5.41, 5.74) is 2.00. The van der Waals surface area contributed by atoms with E-state index >= 15 is 0 Å². The molecule has 0 aliphatic heterocycles. The number of sulfonamides is 1. The Labute approximate surface area is 275 Å². The van der Waals surface area contributed by atoms with E-state index < -0.39 is 33.7 Å². The Morgan fingerprint density at radius 1 is 0.851 bits per heavy atom. The number of benzene rings is 4. The van der Waals surface area contributed by atoms with Crippen molar-refractivity contribution in [1.82, 2.24) is 4.90 Å². The molecule has 47 heavy (non-hydrogen) atoms. The molecule has 0 saturated heterocycles. The second-order valence-corrected chi connectivity index (χ2v) is 13.1. The van der Waals surface area contributed by atoms with E-state index in [1.54, 1.807) is 13.0 Å². The molecule has 0 aliphatic carbocycles. The molecule has 0 amide bonds. The number of halogens is 7. The molecule has 0 saturated carbocycles. The minimum Gasteiger partial charge on any atom is -0.493 e. The molecule has 0 bridgehead atoms. The van der Waals surface area contributed by atoms with E-state index in [4.69, 9.17) is 16.3 Å². The van der Waals surface area contributed by atoms with Crippen LogP contribution in [0, 0.1) is 6.92 Å². The number of rotatable bonds is 14. The maximum Gasteiger partial charge on any atom is 0.417 e. The molecule has 0 atom stereocenters. The molecule has 4 rings (SSSR count). The number of ether oxygens (including phenoxy) is 1. The summed E-state index contributed by atoms with van der Waals surface area (Å²) in [6, 6.07) is 27.5. The third kappa shape index (κ3) is 10.9. The first-order valence-electron chi connectivity index (χ1n) is 14.6. The molecule has 0 aliphatic rings. The average Bonchev–Trinajstić information content (AvgIpc) is 2.99. The summed E-state index contributed by atoms with van der Waals surface area (Å²) in [6.45, 7) is 2.79. The van der Waals surface area contributed by atoms with Gasteiger partial charge in [-0.3, -0.25) is 9.62 Å². The van der Waals surface area contributed by atoms with Crippen LogP contribution in [-0.2, 0) is 22.7 Å². The smallest absolute Gasteiger partial charge is 0.417 e. The highest BCUT2D eigenvalue weighted by molar-refractivity contribution is 7.92. The van der Waals surface area contributed by atoms with Crippen molar-refractivity contribution in [3.8, 4) is 5.75 Å². The minimum atomic E-state index is -4.90. The molecule has 0 spiro atoms. The second-order valence-electron chi connectivity index (χ2n) is 11.0. The monoisotopic (exact) mass is 698 g/mol. The first-order valence-corrected chi connectivity index (χ1v) is 16.6. The Morgan fingerprint density at radius 3 is 2.04 bits per heavy atom. The minimum absolute atomic E-state index is 0.0794. The Kier molecular flexibility index (Phi) is 11.9. The van der Waals surface area contributed by atoms with E-state index in [9.17, 15) is 34.8 Å². The maximum atomic E-state index is 13.7. The van der Waals surface area contributed by atoms with Gasteiger partial charge in [0.2, 0.25) is 10.0 Å². The van der Waals surface area contributed by atoms with Crippen LogP contribution in [0.25, 0.3) is 0 Å². The summed E-state index contributed by atoms with van der Waals surface area (Å²) in [5.74, 6) is -1.87. The van der Waals surface area contributed by atoms with Crippen LogP contribution in [0.2, 0.25) is 5.02 Å². The lowest BCUT2D eigenvalue weighted by Crippen LogP contribution is -2.31. The molecule has 1 N–H and O–H groups in total. The Morgan fingerprint density at radius 2 is 1.47 bits per heavy atom. The lowest BCUT2D eigenvalue weighted by atomic mass is 9.90. The number of nitrogens with one attached hydrogen (secondary N) is 1. The van der Waals surface area contributed by atoms with Crippen LogP contribution in [0.15, 0.2) is 97.1 Å². The summed E-state index contributed by atoms with van der Waals surface area (Å²) < 4.78 is 111. The van der Waals surface area contributed by atoms with E-state index in [2.05, 4.69) is 0 Å². The largest absolute Gasteiger partial charge is 0.493 e. The molecule has 5 nitrogen and oxygen atoms in total. The molecule has 252 valence electrons. The van der Waals surface area contributed by atoms with E-state index in [0.717, 1.165) is 17.2 Å². The fourth-order valence-electron chi connectivity index (χ4n) is 5.15. The van der Waals surface area contributed by atoms with Gasteiger partial charge < -0.3 is 4.74 Å². The lowest BCUT2D eigenvalue weighted by Gasteiger charge is -2.29.